The summed E-state index contributed by atoms with van der Waals surface area (Å²) >= 11 is 3.65. The molecule has 2 aliphatic heterocycles. The van der Waals surface area contributed by atoms with Crippen LogP contribution in [0, 0.1) is 5.92 Å². The average molecular weight is 340 g/mol. The summed E-state index contributed by atoms with van der Waals surface area (Å²) in [6.45, 7) is 2.18. The van der Waals surface area contributed by atoms with Crippen LogP contribution in [0.25, 0.3) is 0 Å². The van der Waals surface area contributed by atoms with E-state index in [1.54, 1.807) is 0 Å². The lowest BCUT2D eigenvalue weighted by atomic mass is 9.94. The molecule has 3 unspecified atom stereocenters. The second kappa shape index (κ2) is 5.84. The second-order valence-electron chi connectivity index (χ2n) is 5.57. The Bertz CT molecular complexity index is 514. The van der Waals surface area contributed by atoms with Gasteiger partial charge in [-0.3, -0.25) is 4.79 Å². The van der Waals surface area contributed by atoms with Gasteiger partial charge in [0.1, 0.15) is 0 Å². The van der Waals surface area contributed by atoms with E-state index in [0.717, 1.165) is 29.7 Å². The fourth-order valence-corrected chi connectivity index (χ4v) is 3.77. The molecule has 2 heterocycles. The number of halogens is 1. The van der Waals surface area contributed by atoms with Gasteiger partial charge in [0.25, 0.3) is 0 Å². The molecule has 3 atom stereocenters. The molecule has 1 aromatic carbocycles. The van der Waals surface area contributed by atoms with Gasteiger partial charge in [-0.25, -0.2) is 0 Å². The number of rotatable bonds is 3. The van der Waals surface area contributed by atoms with E-state index in [0.29, 0.717) is 18.9 Å². The molecule has 0 spiro atoms. The van der Waals surface area contributed by atoms with Gasteiger partial charge in [-0.2, -0.15) is 0 Å². The highest BCUT2D eigenvalue weighted by Crippen LogP contribution is 2.35. The highest BCUT2D eigenvalue weighted by molar-refractivity contribution is 9.10. The predicted molar refractivity (Wildman–Crippen MR) is 78.8 cm³/mol. The minimum Gasteiger partial charge on any atom is -0.481 e. The molecule has 0 aliphatic carbocycles. The van der Waals surface area contributed by atoms with E-state index < -0.39 is 5.97 Å². The van der Waals surface area contributed by atoms with E-state index in [1.165, 1.54) is 5.56 Å². The molecule has 0 radical (unpaired) electrons. The monoisotopic (exact) mass is 339 g/mol. The average Bonchev–Trinajstić information content (AvgIpc) is 3.10. The Balaban J connectivity index is 1.75. The number of ether oxygens (including phenoxy) is 1. The third-order valence-electron chi connectivity index (χ3n) is 4.28. The minimum absolute atomic E-state index is 0.140. The predicted octanol–water partition coefficient (Wildman–Crippen LogP) is 2.69. The largest absolute Gasteiger partial charge is 0.481 e. The van der Waals surface area contributed by atoms with E-state index in [-0.39, 0.29) is 12.0 Å². The zero-order chi connectivity index (χ0) is 14.1. The summed E-state index contributed by atoms with van der Waals surface area (Å²) in [7, 11) is 0. The molecule has 2 fully saturated rings. The van der Waals surface area contributed by atoms with Crippen molar-refractivity contribution in [1.82, 2.24) is 5.32 Å². The first-order chi connectivity index (χ1) is 9.65. The van der Waals surface area contributed by atoms with E-state index in [1.807, 2.05) is 0 Å². The van der Waals surface area contributed by atoms with Gasteiger partial charge in [0, 0.05) is 29.6 Å². The summed E-state index contributed by atoms with van der Waals surface area (Å²) in [6.07, 6.45) is 1.73. The van der Waals surface area contributed by atoms with Gasteiger partial charge in [-0.1, -0.05) is 28.1 Å². The van der Waals surface area contributed by atoms with Gasteiger partial charge in [-0.15, -0.1) is 0 Å². The van der Waals surface area contributed by atoms with Crippen LogP contribution in [0.5, 0.6) is 0 Å². The lowest BCUT2D eigenvalue weighted by Crippen LogP contribution is -2.17. The molecule has 1 aromatic rings. The molecular formula is C15H18BrNO3. The van der Waals surface area contributed by atoms with Crippen LogP contribution in [0.4, 0.5) is 0 Å². The van der Waals surface area contributed by atoms with Crippen molar-refractivity contribution < 1.29 is 14.6 Å². The third kappa shape index (κ3) is 2.75. The van der Waals surface area contributed by atoms with Crippen molar-refractivity contribution in [1.29, 1.82) is 0 Å². The van der Waals surface area contributed by atoms with Crippen molar-refractivity contribution in [3.05, 3.63) is 33.8 Å². The molecule has 5 heteroatoms. The van der Waals surface area contributed by atoms with Crippen LogP contribution < -0.4 is 5.32 Å². The number of nitrogens with one attached hydrogen (secondary N) is 1. The van der Waals surface area contributed by atoms with Crippen molar-refractivity contribution in [3.8, 4) is 0 Å². The van der Waals surface area contributed by atoms with Gasteiger partial charge in [0.05, 0.1) is 12.5 Å². The quantitative estimate of drug-likeness (QED) is 0.888. The van der Waals surface area contributed by atoms with Crippen molar-refractivity contribution in [3.63, 3.8) is 0 Å². The normalized spacial score (nSPS) is 29.8. The van der Waals surface area contributed by atoms with Crippen LogP contribution >= 0.6 is 15.9 Å². The van der Waals surface area contributed by atoms with Gasteiger partial charge in [-0.05, 0) is 30.0 Å². The Morgan fingerprint density at radius 2 is 2.30 bits per heavy atom. The van der Waals surface area contributed by atoms with Crippen LogP contribution in [0.2, 0.25) is 0 Å². The molecule has 20 heavy (non-hydrogen) atoms. The zero-order valence-corrected chi connectivity index (χ0v) is 12.7. The van der Waals surface area contributed by atoms with Crippen LogP contribution in [-0.4, -0.2) is 30.8 Å². The lowest BCUT2D eigenvalue weighted by Gasteiger charge is -2.15. The standard InChI is InChI=1S/C15H18BrNO3/c16-13-5-9(14-6-11(7-17-14)15(18)19)1-2-12(13)10-3-4-20-8-10/h1-2,5,10-11,14,17H,3-4,6-8H2,(H,18,19). The number of carboxylic acid groups (broad SMARTS) is 1. The van der Waals surface area contributed by atoms with E-state index in [9.17, 15) is 4.79 Å². The van der Waals surface area contributed by atoms with Gasteiger partial charge < -0.3 is 15.2 Å². The van der Waals surface area contributed by atoms with Gasteiger partial charge in [0.15, 0.2) is 0 Å². The van der Waals surface area contributed by atoms with E-state index in [2.05, 4.69) is 39.4 Å². The van der Waals surface area contributed by atoms with Gasteiger partial charge in [0.2, 0.25) is 0 Å². The third-order valence-corrected chi connectivity index (χ3v) is 4.96. The Hall–Kier alpha value is -0.910. The summed E-state index contributed by atoms with van der Waals surface area (Å²) in [5, 5.41) is 12.4. The first-order valence-corrected chi connectivity index (χ1v) is 7.77. The number of hydrogen-bond donors (Lipinski definition) is 2. The SMILES string of the molecule is O=C(O)C1CNC(c2ccc(C3CCOC3)c(Br)c2)C1. The Kier molecular flexibility index (Phi) is 4.10. The van der Waals surface area contributed by atoms with Crippen molar-refractivity contribution in [2.24, 2.45) is 5.92 Å². The number of benzene rings is 1. The van der Waals surface area contributed by atoms with Crippen molar-refractivity contribution in [2.45, 2.75) is 24.8 Å². The smallest absolute Gasteiger partial charge is 0.307 e. The highest BCUT2D eigenvalue weighted by atomic mass is 79.9. The number of carbonyl (C=O) groups is 1. The maximum absolute atomic E-state index is 11.0. The van der Waals surface area contributed by atoms with Crippen molar-refractivity contribution in [2.75, 3.05) is 19.8 Å². The zero-order valence-electron chi connectivity index (χ0n) is 11.1. The van der Waals surface area contributed by atoms with Crippen LogP contribution in [-0.2, 0) is 9.53 Å². The van der Waals surface area contributed by atoms with E-state index in [4.69, 9.17) is 9.84 Å². The van der Waals surface area contributed by atoms with E-state index >= 15 is 0 Å². The Morgan fingerprint density at radius 1 is 1.45 bits per heavy atom. The van der Waals surface area contributed by atoms with Crippen molar-refractivity contribution >= 4 is 21.9 Å². The highest BCUT2D eigenvalue weighted by Gasteiger charge is 2.30. The van der Waals surface area contributed by atoms with Crippen LogP contribution in [0.15, 0.2) is 22.7 Å². The summed E-state index contributed by atoms with van der Waals surface area (Å²) in [5.41, 5.74) is 2.45. The first kappa shape index (κ1) is 14.0. The maximum atomic E-state index is 11.0. The first-order valence-electron chi connectivity index (χ1n) is 6.98. The topological polar surface area (TPSA) is 58.6 Å². The summed E-state index contributed by atoms with van der Waals surface area (Å²) < 4.78 is 6.54. The molecule has 2 saturated heterocycles. The minimum atomic E-state index is -0.709. The molecule has 4 nitrogen and oxygen atoms in total. The van der Waals surface area contributed by atoms with Crippen LogP contribution in [0.3, 0.4) is 0 Å². The lowest BCUT2D eigenvalue weighted by molar-refractivity contribution is -0.141. The molecule has 2 aliphatic rings. The molecule has 0 amide bonds. The molecule has 3 rings (SSSR count). The molecular weight excluding hydrogens is 322 g/mol. The molecule has 2 N–H and O–H groups in total. The molecule has 0 saturated carbocycles. The number of hydrogen-bond acceptors (Lipinski definition) is 3. The fraction of sp³-hybridized carbons (Fsp3) is 0.533. The summed E-state index contributed by atoms with van der Waals surface area (Å²) in [4.78, 5) is 11.0. The molecule has 0 aromatic heterocycles. The summed E-state index contributed by atoms with van der Waals surface area (Å²) in [5.74, 6) is -0.512. The number of carboxylic acids is 1. The molecule has 0 bridgehead atoms. The summed E-state index contributed by atoms with van der Waals surface area (Å²) in [6, 6.07) is 6.52. The fourth-order valence-electron chi connectivity index (χ4n) is 3.05. The van der Waals surface area contributed by atoms with Gasteiger partial charge >= 0.3 is 5.97 Å². The Labute approximate surface area is 126 Å². The number of aliphatic carboxylic acids is 1. The Morgan fingerprint density at radius 3 is 2.90 bits per heavy atom. The van der Waals surface area contributed by atoms with Crippen LogP contribution in [0.1, 0.15) is 35.9 Å². The second-order valence-corrected chi connectivity index (χ2v) is 6.43. The molecule has 108 valence electrons. The maximum Gasteiger partial charge on any atom is 0.307 e.